The summed E-state index contributed by atoms with van der Waals surface area (Å²) in [7, 11) is 3.04. The van der Waals surface area contributed by atoms with Crippen molar-refractivity contribution in [2.45, 2.75) is 6.54 Å². The molecule has 0 saturated carbocycles. The van der Waals surface area contributed by atoms with Crippen molar-refractivity contribution in [3.8, 4) is 11.5 Å². The summed E-state index contributed by atoms with van der Waals surface area (Å²) >= 11 is 5.72. The van der Waals surface area contributed by atoms with Crippen LogP contribution in [0.2, 0.25) is 5.28 Å². The number of aromatic nitrogens is 2. The van der Waals surface area contributed by atoms with E-state index in [0.29, 0.717) is 17.1 Å². The van der Waals surface area contributed by atoms with Crippen LogP contribution in [0.4, 0.5) is 10.6 Å². The third kappa shape index (κ3) is 3.56. The zero-order valence-electron chi connectivity index (χ0n) is 12.0. The molecule has 2 rings (SSSR count). The lowest BCUT2D eigenvalue weighted by molar-refractivity contribution is 0.201. The van der Waals surface area contributed by atoms with Gasteiger partial charge in [0, 0.05) is 11.8 Å². The third-order valence-electron chi connectivity index (χ3n) is 2.93. The van der Waals surface area contributed by atoms with E-state index >= 15 is 0 Å². The van der Waals surface area contributed by atoms with E-state index in [1.54, 1.807) is 18.2 Å². The molecule has 0 radical (unpaired) electrons. The van der Waals surface area contributed by atoms with E-state index < -0.39 is 6.09 Å². The average Bonchev–Trinajstić information content (AvgIpc) is 2.52. The summed E-state index contributed by atoms with van der Waals surface area (Å²) in [6.07, 6.45) is 0.225. The predicted octanol–water partition coefficient (Wildman–Crippen LogP) is 2.83. The van der Waals surface area contributed by atoms with Gasteiger partial charge in [-0.2, -0.15) is 0 Å². The van der Waals surface area contributed by atoms with Gasteiger partial charge in [-0.25, -0.2) is 14.8 Å². The topological polar surface area (TPSA) is 84.8 Å². The molecule has 0 atom stereocenters. The predicted molar refractivity (Wildman–Crippen MR) is 80.8 cm³/mol. The molecule has 0 unspecified atom stereocenters. The summed E-state index contributed by atoms with van der Waals surface area (Å²) in [5.41, 5.74) is 0.638. The molecule has 116 valence electrons. The van der Waals surface area contributed by atoms with Crippen molar-refractivity contribution in [1.29, 1.82) is 0 Å². The minimum atomic E-state index is -1.17. The third-order valence-corrected chi connectivity index (χ3v) is 3.12. The van der Waals surface area contributed by atoms with Crippen molar-refractivity contribution in [3.63, 3.8) is 0 Å². The van der Waals surface area contributed by atoms with Crippen LogP contribution < -0.4 is 14.4 Å². The number of hydrogen-bond donors (Lipinski definition) is 1. The van der Waals surface area contributed by atoms with Gasteiger partial charge in [0.1, 0.15) is 17.3 Å². The van der Waals surface area contributed by atoms with Crippen LogP contribution in [-0.2, 0) is 6.54 Å². The van der Waals surface area contributed by atoms with E-state index in [1.807, 2.05) is 0 Å². The summed E-state index contributed by atoms with van der Waals surface area (Å²) in [5.74, 6) is 1.33. The van der Waals surface area contributed by atoms with Crippen molar-refractivity contribution < 1.29 is 19.4 Å². The number of hydrogen-bond acceptors (Lipinski definition) is 5. The summed E-state index contributed by atoms with van der Waals surface area (Å²) < 4.78 is 10.4. The maximum absolute atomic E-state index is 11.5. The lowest BCUT2D eigenvalue weighted by atomic mass is 10.1. The number of carbonyl (C=O) groups is 1. The van der Waals surface area contributed by atoms with Crippen LogP contribution in [0, 0.1) is 0 Å². The van der Waals surface area contributed by atoms with Gasteiger partial charge in [0.2, 0.25) is 5.28 Å². The Labute approximate surface area is 132 Å². The molecule has 1 aromatic heterocycles. The number of halogens is 1. The maximum Gasteiger partial charge on any atom is 0.413 e. The molecule has 0 saturated heterocycles. The summed E-state index contributed by atoms with van der Waals surface area (Å²) in [5, 5.41) is 9.39. The SMILES string of the molecule is COc1ccc(OC)c(CN(C(=O)O)c2ccnc(Cl)n2)c1. The Bertz CT molecular complexity index is 681. The lowest BCUT2D eigenvalue weighted by Gasteiger charge is -2.20. The van der Waals surface area contributed by atoms with Crippen molar-refractivity contribution in [3.05, 3.63) is 41.3 Å². The second-order valence-corrected chi connectivity index (χ2v) is 4.57. The molecule has 0 aliphatic carbocycles. The molecule has 0 bridgehead atoms. The first-order chi connectivity index (χ1) is 10.5. The number of ether oxygens (including phenoxy) is 2. The van der Waals surface area contributed by atoms with Crippen molar-refractivity contribution in [2.75, 3.05) is 19.1 Å². The first kappa shape index (κ1) is 15.8. The fourth-order valence-corrected chi connectivity index (χ4v) is 2.04. The second kappa shape index (κ2) is 6.95. The van der Waals surface area contributed by atoms with E-state index in [9.17, 15) is 9.90 Å². The van der Waals surface area contributed by atoms with E-state index in [4.69, 9.17) is 21.1 Å². The number of methoxy groups -OCH3 is 2. The molecule has 1 N–H and O–H groups in total. The minimum Gasteiger partial charge on any atom is -0.497 e. The van der Waals surface area contributed by atoms with Gasteiger partial charge in [-0.05, 0) is 35.9 Å². The first-order valence-corrected chi connectivity index (χ1v) is 6.63. The normalized spacial score (nSPS) is 10.1. The van der Waals surface area contributed by atoms with Gasteiger partial charge in [-0.15, -0.1) is 0 Å². The Kier molecular flexibility index (Phi) is 5.00. The number of benzene rings is 1. The molecule has 7 nitrogen and oxygen atoms in total. The summed E-state index contributed by atoms with van der Waals surface area (Å²) in [6.45, 7) is 0.0308. The zero-order valence-corrected chi connectivity index (χ0v) is 12.7. The van der Waals surface area contributed by atoms with E-state index in [2.05, 4.69) is 9.97 Å². The van der Waals surface area contributed by atoms with Crippen molar-refractivity contribution in [2.24, 2.45) is 0 Å². The fourth-order valence-electron chi connectivity index (χ4n) is 1.90. The number of anilines is 1. The Morgan fingerprint density at radius 2 is 2.09 bits per heavy atom. The van der Waals surface area contributed by atoms with Gasteiger partial charge in [0.15, 0.2) is 0 Å². The van der Waals surface area contributed by atoms with Crippen LogP contribution in [0.1, 0.15) is 5.56 Å². The Hall–Kier alpha value is -2.54. The molecule has 0 spiro atoms. The smallest absolute Gasteiger partial charge is 0.413 e. The number of rotatable bonds is 5. The molecule has 1 aromatic carbocycles. The van der Waals surface area contributed by atoms with E-state index in [1.165, 1.54) is 26.5 Å². The van der Waals surface area contributed by atoms with E-state index in [-0.39, 0.29) is 17.6 Å². The molecule has 0 aliphatic heterocycles. The molecule has 2 aromatic rings. The highest BCUT2D eigenvalue weighted by molar-refractivity contribution is 6.28. The molecule has 0 fully saturated rings. The van der Waals surface area contributed by atoms with Gasteiger partial charge in [-0.1, -0.05) is 0 Å². The fraction of sp³-hybridized carbons (Fsp3) is 0.214. The largest absolute Gasteiger partial charge is 0.497 e. The second-order valence-electron chi connectivity index (χ2n) is 4.23. The molecule has 1 heterocycles. The Morgan fingerprint density at radius 1 is 1.32 bits per heavy atom. The zero-order chi connectivity index (χ0) is 16.1. The van der Waals surface area contributed by atoms with Crippen molar-refractivity contribution in [1.82, 2.24) is 9.97 Å². The highest BCUT2D eigenvalue weighted by Gasteiger charge is 2.19. The van der Waals surface area contributed by atoms with Gasteiger partial charge in [-0.3, -0.25) is 4.90 Å². The van der Waals surface area contributed by atoms with Crippen LogP contribution in [0.3, 0.4) is 0 Å². The molecular formula is C14H14ClN3O4. The minimum absolute atomic E-state index is 0.0265. The van der Waals surface area contributed by atoms with Crippen molar-refractivity contribution >= 4 is 23.5 Å². The number of amides is 1. The molecule has 22 heavy (non-hydrogen) atoms. The number of nitrogens with zero attached hydrogens (tertiary/aromatic N) is 3. The maximum atomic E-state index is 11.5. The monoisotopic (exact) mass is 323 g/mol. The highest BCUT2D eigenvalue weighted by atomic mass is 35.5. The quantitative estimate of drug-likeness (QED) is 0.852. The summed E-state index contributed by atoms with van der Waals surface area (Å²) in [6, 6.07) is 6.61. The number of carboxylic acid groups (broad SMARTS) is 1. The summed E-state index contributed by atoms with van der Waals surface area (Å²) in [4.78, 5) is 20.2. The van der Waals surface area contributed by atoms with E-state index in [0.717, 1.165) is 4.90 Å². The Balaban J connectivity index is 2.38. The standard InChI is InChI=1S/C14H14ClN3O4/c1-21-10-3-4-11(22-2)9(7-10)8-18(14(19)20)12-5-6-16-13(15)17-12/h3-7H,8H2,1-2H3,(H,19,20). The highest BCUT2D eigenvalue weighted by Crippen LogP contribution is 2.27. The van der Waals surface area contributed by atoms with Crippen LogP contribution in [0.25, 0.3) is 0 Å². The van der Waals surface area contributed by atoms with Crippen LogP contribution in [0.15, 0.2) is 30.5 Å². The average molecular weight is 324 g/mol. The van der Waals surface area contributed by atoms with Crippen LogP contribution in [-0.4, -0.2) is 35.4 Å². The first-order valence-electron chi connectivity index (χ1n) is 6.25. The van der Waals surface area contributed by atoms with Gasteiger partial charge in [0.25, 0.3) is 0 Å². The molecule has 1 amide bonds. The van der Waals surface area contributed by atoms with Gasteiger partial charge in [0.05, 0.1) is 20.8 Å². The van der Waals surface area contributed by atoms with Gasteiger partial charge >= 0.3 is 6.09 Å². The van der Waals surface area contributed by atoms with Gasteiger partial charge < -0.3 is 14.6 Å². The lowest BCUT2D eigenvalue weighted by Crippen LogP contribution is -2.29. The Morgan fingerprint density at radius 3 is 2.68 bits per heavy atom. The van der Waals surface area contributed by atoms with Crippen LogP contribution in [0.5, 0.6) is 11.5 Å². The van der Waals surface area contributed by atoms with Crippen LogP contribution >= 0.6 is 11.6 Å². The molecular weight excluding hydrogens is 310 g/mol. The molecule has 8 heteroatoms. The molecule has 0 aliphatic rings.